The number of esters is 4. The van der Waals surface area contributed by atoms with Crippen molar-refractivity contribution in [3.05, 3.63) is 0 Å². The summed E-state index contributed by atoms with van der Waals surface area (Å²) in [6.45, 7) is 9.66. The van der Waals surface area contributed by atoms with Gasteiger partial charge in [0.2, 0.25) is 0 Å². The minimum atomic E-state index is -4.97. The van der Waals surface area contributed by atoms with Crippen LogP contribution in [0.5, 0.6) is 0 Å². The Balaban J connectivity index is 5.23. The van der Waals surface area contributed by atoms with Crippen LogP contribution < -0.4 is 0 Å². The normalized spacial score (nSPS) is 13.8. The minimum absolute atomic E-state index is 0.108. The average molecular weight is 1550 g/mol. The second kappa shape index (κ2) is 78.3. The first-order valence-electron chi connectivity index (χ1n) is 45.0. The number of hydrogen-bond donors (Lipinski definition) is 3. The van der Waals surface area contributed by atoms with E-state index in [9.17, 15) is 43.2 Å². The summed E-state index contributed by atoms with van der Waals surface area (Å²) in [7, 11) is -9.93. The SMILES string of the molecule is CCCCCCCCCCCCCCCCCCCCCCC(=O)O[C@H](COC(=O)CCCCCCCCCCCCCCCCCCC(C)C)COP(=O)(O)OC[C@@H](O)COP(=O)(O)OC[C@@H](COC(=O)CCCCCCCCCC(C)C)OC(=O)CCCCCCCCCCCCCCCCCCC. The van der Waals surface area contributed by atoms with Gasteiger partial charge in [-0.05, 0) is 37.5 Å². The van der Waals surface area contributed by atoms with Gasteiger partial charge in [-0.1, -0.05) is 414 Å². The molecular formula is C87H170O17P2. The molecule has 0 spiro atoms. The highest BCUT2D eigenvalue weighted by Gasteiger charge is 2.30. The van der Waals surface area contributed by atoms with Gasteiger partial charge in [0, 0.05) is 25.7 Å². The van der Waals surface area contributed by atoms with Crippen LogP contribution in [0, 0.1) is 11.8 Å². The van der Waals surface area contributed by atoms with Gasteiger partial charge in [-0.25, -0.2) is 9.13 Å². The predicted octanol–water partition coefficient (Wildman–Crippen LogP) is 26.6. The number of carbonyl (C=O) groups is 4. The standard InChI is InChI=1S/C87H170O17P2/c1-7-9-11-13-15-17-19-21-23-25-26-27-29-35-39-43-47-53-60-66-71-86(91)103-82(75-97-84(89)69-63-57-51-45-41-37-33-31-30-32-36-40-44-49-55-61-67-79(3)4)77-101-105(93,94)99-73-81(88)74-100-106(95,96)102-78-83(76-98-85(90)70-64-58-54-48-50-56-62-68-80(5)6)104-87(92)72-65-59-52-46-42-38-34-28-24-22-20-18-16-14-12-10-8-2/h79-83,88H,7-78H2,1-6H3,(H,93,94)(H,95,96)/t81-,82-,83-/m1/s1. The van der Waals surface area contributed by atoms with E-state index in [1.54, 1.807) is 0 Å². The lowest BCUT2D eigenvalue weighted by Crippen LogP contribution is -2.30. The van der Waals surface area contributed by atoms with Crippen LogP contribution in [-0.4, -0.2) is 96.7 Å². The van der Waals surface area contributed by atoms with Crippen molar-refractivity contribution in [2.45, 2.75) is 484 Å². The lowest BCUT2D eigenvalue weighted by molar-refractivity contribution is -0.161. The molecule has 630 valence electrons. The van der Waals surface area contributed by atoms with Crippen LogP contribution >= 0.6 is 15.6 Å². The molecule has 0 aromatic carbocycles. The molecule has 0 fully saturated rings. The summed E-state index contributed by atoms with van der Waals surface area (Å²) in [6, 6.07) is 0. The Hall–Kier alpha value is -1.94. The fourth-order valence-electron chi connectivity index (χ4n) is 13.6. The zero-order valence-corrected chi connectivity index (χ0v) is 71.5. The maximum Gasteiger partial charge on any atom is 0.472 e. The fraction of sp³-hybridized carbons (Fsp3) is 0.954. The maximum absolute atomic E-state index is 13.2. The Bertz CT molecular complexity index is 2030. The molecule has 19 heteroatoms. The Morgan fingerprint density at radius 2 is 0.434 bits per heavy atom. The Morgan fingerprint density at radius 1 is 0.255 bits per heavy atom. The monoisotopic (exact) mass is 1550 g/mol. The van der Waals surface area contributed by atoms with Crippen LogP contribution in [0.4, 0.5) is 0 Å². The van der Waals surface area contributed by atoms with E-state index in [2.05, 4.69) is 41.5 Å². The van der Waals surface area contributed by atoms with E-state index in [1.165, 1.54) is 276 Å². The summed E-state index contributed by atoms with van der Waals surface area (Å²) >= 11 is 0. The third-order valence-electron chi connectivity index (χ3n) is 20.5. The highest BCUT2D eigenvalue weighted by Crippen LogP contribution is 2.45. The van der Waals surface area contributed by atoms with Gasteiger partial charge in [-0.3, -0.25) is 37.3 Å². The van der Waals surface area contributed by atoms with Crippen molar-refractivity contribution in [2.24, 2.45) is 11.8 Å². The van der Waals surface area contributed by atoms with E-state index < -0.39 is 97.5 Å². The number of carbonyl (C=O) groups excluding carboxylic acids is 4. The Labute approximate surface area is 651 Å². The van der Waals surface area contributed by atoms with Crippen LogP contribution in [0.2, 0.25) is 0 Å². The summed E-state index contributed by atoms with van der Waals surface area (Å²) in [5.74, 6) is -0.584. The highest BCUT2D eigenvalue weighted by molar-refractivity contribution is 7.47. The van der Waals surface area contributed by atoms with Crippen LogP contribution in [0.15, 0.2) is 0 Å². The van der Waals surface area contributed by atoms with Crippen molar-refractivity contribution < 1.29 is 80.2 Å². The smallest absolute Gasteiger partial charge is 0.462 e. The number of rotatable bonds is 86. The van der Waals surface area contributed by atoms with Crippen LogP contribution in [0.1, 0.15) is 465 Å². The molecular weight excluding hydrogens is 1380 g/mol. The van der Waals surface area contributed by atoms with Gasteiger partial charge in [0.25, 0.3) is 0 Å². The summed E-state index contributed by atoms with van der Waals surface area (Å²) in [5, 5.41) is 10.7. The van der Waals surface area contributed by atoms with Gasteiger partial charge in [0.1, 0.15) is 19.3 Å². The van der Waals surface area contributed by atoms with E-state index in [0.29, 0.717) is 31.6 Å². The van der Waals surface area contributed by atoms with Crippen molar-refractivity contribution >= 4 is 39.5 Å². The number of aliphatic hydroxyl groups excluding tert-OH is 1. The van der Waals surface area contributed by atoms with Gasteiger partial charge in [0.15, 0.2) is 12.2 Å². The Kier molecular flexibility index (Phi) is 76.9. The van der Waals surface area contributed by atoms with Gasteiger partial charge in [0.05, 0.1) is 26.4 Å². The van der Waals surface area contributed by atoms with Crippen molar-refractivity contribution in [1.29, 1.82) is 0 Å². The summed E-state index contributed by atoms with van der Waals surface area (Å²) in [4.78, 5) is 73.2. The van der Waals surface area contributed by atoms with Crippen LogP contribution in [0.3, 0.4) is 0 Å². The molecule has 106 heavy (non-hydrogen) atoms. The molecule has 0 amide bonds. The molecule has 0 bridgehead atoms. The molecule has 0 aliphatic rings. The molecule has 0 saturated heterocycles. The Morgan fingerprint density at radius 3 is 0.642 bits per heavy atom. The summed E-state index contributed by atoms with van der Waals surface area (Å²) in [6.07, 6.45) is 71.0. The molecule has 0 heterocycles. The molecule has 0 aromatic rings. The zero-order valence-electron chi connectivity index (χ0n) is 69.7. The number of ether oxygens (including phenoxy) is 4. The van der Waals surface area contributed by atoms with Gasteiger partial charge >= 0.3 is 39.5 Å². The maximum atomic E-state index is 13.2. The molecule has 0 aliphatic heterocycles. The van der Waals surface area contributed by atoms with E-state index in [-0.39, 0.29) is 25.7 Å². The highest BCUT2D eigenvalue weighted by atomic mass is 31.2. The first-order valence-corrected chi connectivity index (χ1v) is 48.0. The van der Waals surface area contributed by atoms with Gasteiger partial charge in [-0.2, -0.15) is 0 Å². The zero-order chi connectivity index (χ0) is 77.8. The molecule has 0 saturated carbocycles. The summed E-state index contributed by atoms with van der Waals surface area (Å²) in [5.41, 5.74) is 0. The first-order chi connectivity index (χ1) is 51.4. The van der Waals surface area contributed by atoms with Crippen LogP contribution in [-0.2, 0) is 65.4 Å². The lowest BCUT2D eigenvalue weighted by atomic mass is 10.0. The number of aliphatic hydroxyl groups is 1. The van der Waals surface area contributed by atoms with Gasteiger partial charge in [-0.15, -0.1) is 0 Å². The molecule has 3 N–H and O–H groups in total. The van der Waals surface area contributed by atoms with E-state index in [1.807, 2.05) is 0 Å². The third-order valence-corrected chi connectivity index (χ3v) is 22.4. The average Bonchev–Trinajstić information content (AvgIpc) is 0.901. The second-order valence-corrected chi connectivity index (χ2v) is 35.1. The van der Waals surface area contributed by atoms with Crippen molar-refractivity contribution in [3.8, 4) is 0 Å². The first kappa shape index (κ1) is 104. The molecule has 0 rings (SSSR count). The molecule has 0 aliphatic carbocycles. The molecule has 2 unspecified atom stereocenters. The van der Waals surface area contributed by atoms with Crippen molar-refractivity contribution in [3.63, 3.8) is 0 Å². The van der Waals surface area contributed by atoms with Gasteiger partial charge < -0.3 is 33.8 Å². The molecule has 0 radical (unpaired) electrons. The fourth-order valence-corrected chi connectivity index (χ4v) is 15.2. The quantitative estimate of drug-likeness (QED) is 0.0222. The van der Waals surface area contributed by atoms with E-state index in [0.717, 1.165) is 102 Å². The number of phosphoric acid groups is 2. The molecule has 0 aromatic heterocycles. The van der Waals surface area contributed by atoms with Crippen molar-refractivity contribution in [1.82, 2.24) is 0 Å². The lowest BCUT2D eigenvalue weighted by Gasteiger charge is -2.21. The van der Waals surface area contributed by atoms with E-state index in [4.69, 9.17) is 37.0 Å². The number of hydrogen-bond acceptors (Lipinski definition) is 15. The van der Waals surface area contributed by atoms with E-state index >= 15 is 0 Å². The topological polar surface area (TPSA) is 237 Å². The number of unbranched alkanes of at least 4 members (excludes halogenated alkanes) is 56. The predicted molar refractivity (Wildman–Crippen MR) is 437 cm³/mol. The van der Waals surface area contributed by atoms with Crippen LogP contribution in [0.25, 0.3) is 0 Å². The summed E-state index contributed by atoms with van der Waals surface area (Å²) < 4.78 is 68.9. The minimum Gasteiger partial charge on any atom is -0.462 e. The van der Waals surface area contributed by atoms with Crippen molar-refractivity contribution in [2.75, 3.05) is 39.6 Å². The molecule has 5 atom stereocenters. The third kappa shape index (κ3) is 80.1. The molecule has 17 nitrogen and oxygen atoms in total. The second-order valence-electron chi connectivity index (χ2n) is 32.2. The number of phosphoric ester groups is 2. The largest absolute Gasteiger partial charge is 0.472 e.